The van der Waals surface area contributed by atoms with Gasteiger partial charge in [0.15, 0.2) is 11.6 Å². The molecule has 0 saturated carbocycles. The Morgan fingerprint density at radius 2 is 2.22 bits per heavy atom. The molecule has 4 nitrogen and oxygen atoms in total. The molecule has 1 aromatic heterocycles. The van der Waals surface area contributed by atoms with E-state index in [0.29, 0.717) is 6.54 Å². The average Bonchev–Trinajstić information content (AvgIpc) is 2.86. The van der Waals surface area contributed by atoms with E-state index in [1.165, 1.54) is 12.1 Å². The normalized spacial score (nSPS) is 10.3. The van der Waals surface area contributed by atoms with Gasteiger partial charge in [0, 0.05) is 23.9 Å². The van der Waals surface area contributed by atoms with Crippen LogP contribution >= 0.6 is 0 Å². The van der Waals surface area contributed by atoms with Gasteiger partial charge in [-0.25, -0.2) is 8.78 Å². The van der Waals surface area contributed by atoms with Crippen LogP contribution in [-0.4, -0.2) is 16.1 Å². The molecule has 0 atom stereocenters. The first kappa shape index (κ1) is 12.2. The maximum atomic E-state index is 13.3. The maximum absolute atomic E-state index is 13.3. The molecule has 1 heterocycles. The lowest BCUT2D eigenvalue weighted by Gasteiger charge is -2.05. The van der Waals surface area contributed by atoms with Gasteiger partial charge in [0.2, 0.25) is 5.91 Å². The Kier molecular flexibility index (Phi) is 3.66. The highest BCUT2D eigenvalue weighted by molar-refractivity contribution is 5.78. The van der Waals surface area contributed by atoms with E-state index >= 15 is 0 Å². The number of nitrogens with zero attached hydrogens (tertiary/aromatic N) is 1. The summed E-state index contributed by atoms with van der Waals surface area (Å²) in [4.78, 5) is 11.5. The third kappa shape index (κ3) is 2.91. The lowest BCUT2D eigenvalue weighted by Crippen LogP contribution is -2.24. The van der Waals surface area contributed by atoms with Gasteiger partial charge < -0.3 is 5.32 Å². The largest absolute Gasteiger partial charge is 0.352 e. The van der Waals surface area contributed by atoms with Crippen LogP contribution in [-0.2, 0) is 17.8 Å². The summed E-state index contributed by atoms with van der Waals surface area (Å²) in [5.74, 6) is -2.30. The Morgan fingerprint density at radius 3 is 2.94 bits per heavy atom. The van der Waals surface area contributed by atoms with Crippen molar-refractivity contribution >= 4 is 5.91 Å². The summed E-state index contributed by atoms with van der Waals surface area (Å²) >= 11 is 0. The van der Waals surface area contributed by atoms with Crippen LogP contribution in [0.3, 0.4) is 0 Å². The molecule has 0 aliphatic rings. The van der Waals surface area contributed by atoms with Crippen LogP contribution < -0.4 is 5.32 Å². The number of amides is 1. The number of carbonyl (C=O) groups excluding carboxylic acids is 1. The van der Waals surface area contributed by atoms with Gasteiger partial charge in [0.25, 0.3) is 0 Å². The van der Waals surface area contributed by atoms with Gasteiger partial charge in [-0.05, 0) is 6.07 Å². The monoisotopic (exact) mass is 251 g/mol. The molecule has 2 rings (SSSR count). The number of rotatable bonds is 4. The van der Waals surface area contributed by atoms with Gasteiger partial charge in [0.05, 0.1) is 12.6 Å². The Balaban J connectivity index is 1.93. The molecule has 1 aromatic carbocycles. The molecule has 6 heteroatoms. The highest BCUT2D eigenvalue weighted by Crippen LogP contribution is 2.11. The second-order valence-corrected chi connectivity index (χ2v) is 3.77. The number of benzene rings is 1. The van der Waals surface area contributed by atoms with Crippen molar-refractivity contribution in [3.8, 4) is 0 Å². The van der Waals surface area contributed by atoms with Crippen molar-refractivity contribution in [1.82, 2.24) is 15.5 Å². The molecule has 0 saturated heterocycles. The van der Waals surface area contributed by atoms with Gasteiger partial charge in [0.1, 0.15) is 0 Å². The second-order valence-electron chi connectivity index (χ2n) is 3.77. The summed E-state index contributed by atoms with van der Waals surface area (Å²) in [6, 6.07) is 3.77. The molecular weight excluding hydrogens is 240 g/mol. The zero-order valence-corrected chi connectivity index (χ0v) is 9.41. The van der Waals surface area contributed by atoms with Gasteiger partial charge in [-0.15, -0.1) is 0 Å². The molecular formula is C12H11F2N3O. The van der Waals surface area contributed by atoms with Crippen LogP contribution in [0.4, 0.5) is 8.78 Å². The van der Waals surface area contributed by atoms with Crippen LogP contribution in [0.2, 0.25) is 0 Å². The fraction of sp³-hybridized carbons (Fsp3) is 0.167. The molecule has 0 aliphatic heterocycles. The van der Waals surface area contributed by atoms with Crippen LogP contribution in [0.25, 0.3) is 0 Å². The fourth-order valence-electron chi connectivity index (χ4n) is 1.50. The topological polar surface area (TPSA) is 57.8 Å². The van der Waals surface area contributed by atoms with Gasteiger partial charge in [-0.1, -0.05) is 12.1 Å². The first-order valence-electron chi connectivity index (χ1n) is 5.34. The molecule has 0 aliphatic carbocycles. The minimum Gasteiger partial charge on any atom is -0.352 e. The number of hydrogen-bond donors (Lipinski definition) is 2. The Hall–Kier alpha value is -2.24. The van der Waals surface area contributed by atoms with E-state index in [0.717, 1.165) is 11.6 Å². The Morgan fingerprint density at radius 1 is 1.39 bits per heavy atom. The van der Waals surface area contributed by atoms with Crippen molar-refractivity contribution in [2.75, 3.05) is 0 Å². The smallest absolute Gasteiger partial charge is 0.224 e. The van der Waals surface area contributed by atoms with Crippen LogP contribution in [0.5, 0.6) is 0 Å². The van der Waals surface area contributed by atoms with Crippen molar-refractivity contribution in [2.45, 2.75) is 13.0 Å². The lowest BCUT2D eigenvalue weighted by atomic mass is 10.1. The van der Waals surface area contributed by atoms with Crippen molar-refractivity contribution < 1.29 is 13.6 Å². The van der Waals surface area contributed by atoms with Crippen molar-refractivity contribution in [3.05, 3.63) is 53.4 Å². The summed E-state index contributed by atoms with van der Waals surface area (Å²) in [6.45, 7) is 0.298. The standard InChI is InChI=1S/C12H11F2N3O/c13-10-3-1-2-9(12(10)14)4-11(18)15-5-8-6-16-17-7-8/h1-3,6-7H,4-5H2,(H,15,18)(H,16,17). The number of nitrogens with one attached hydrogen (secondary N) is 2. The molecule has 18 heavy (non-hydrogen) atoms. The van der Waals surface area contributed by atoms with E-state index in [1.54, 1.807) is 12.4 Å². The maximum Gasteiger partial charge on any atom is 0.224 e. The van der Waals surface area contributed by atoms with Gasteiger partial charge >= 0.3 is 0 Å². The van der Waals surface area contributed by atoms with E-state index in [-0.39, 0.29) is 17.9 Å². The van der Waals surface area contributed by atoms with Gasteiger partial charge in [-0.2, -0.15) is 5.10 Å². The minimum atomic E-state index is -0.976. The molecule has 2 N–H and O–H groups in total. The third-order valence-corrected chi connectivity index (χ3v) is 2.43. The molecule has 2 aromatic rings. The highest BCUT2D eigenvalue weighted by atomic mass is 19.2. The van der Waals surface area contributed by atoms with Crippen molar-refractivity contribution in [3.63, 3.8) is 0 Å². The van der Waals surface area contributed by atoms with E-state index in [4.69, 9.17) is 0 Å². The van der Waals surface area contributed by atoms with E-state index in [9.17, 15) is 13.6 Å². The molecule has 0 radical (unpaired) electrons. The highest BCUT2D eigenvalue weighted by Gasteiger charge is 2.11. The summed E-state index contributed by atoms with van der Waals surface area (Å²) in [5.41, 5.74) is 0.850. The number of aromatic nitrogens is 2. The first-order valence-corrected chi connectivity index (χ1v) is 5.34. The number of aromatic amines is 1. The number of H-pyrrole nitrogens is 1. The van der Waals surface area contributed by atoms with Crippen molar-refractivity contribution in [2.24, 2.45) is 0 Å². The van der Waals surface area contributed by atoms with Gasteiger partial charge in [-0.3, -0.25) is 9.89 Å². The Bertz CT molecular complexity index is 540. The molecule has 0 bridgehead atoms. The average molecular weight is 251 g/mol. The quantitative estimate of drug-likeness (QED) is 0.866. The second kappa shape index (κ2) is 5.39. The van der Waals surface area contributed by atoms with E-state index in [2.05, 4.69) is 15.5 Å². The molecule has 1 amide bonds. The van der Waals surface area contributed by atoms with Crippen LogP contribution in [0.15, 0.2) is 30.6 Å². The zero-order valence-electron chi connectivity index (χ0n) is 9.41. The molecule has 0 spiro atoms. The van der Waals surface area contributed by atoms with Crippen LogP contribution in [0, 0.1) is 11.6 Å². The molecule has 0 unspecified atom stereocenters. The summed E-state index contributed by atoms with van der Waals surface area (Å²) in [5, 5.41) is 8.92. The van der Waals surface area contributed by atoms with E-state index < -0.39 is 11.6 Å². The molecule has 94 valence electrons. The SMILES string of the molecule is O=C(Cc1cccc(F)c1F)NCc1cn[nH]c1. The number of carbonyl (C=O) groups is 1. The van der Waals surface area contributed by atoms with E-state index in [1.807, 2.05) is 0 Å². The third-order valence-electron chi connectivity index (χ3n) is 2.43. The Labute approximate surface area is 102 Å². The summed E-state index contributed by atoms with van der Waals surface area (Å²) in [6.07, 6.45) is 3.02. The lowest BCUT2D eigenvalue weighted by molar-refractivity contribution is -0.120. The summed E-state index contributed by atoms with van der Waals surface area (Å²) in [7, 11) is 0. The fourth-order valence-corrected chi connectivity index (χ4v) is 1.50. The zero-order chi connectivity index (χ0) is 13.0. The number of hydrogen-bond acceptors (Lipinski definition) is 2. The minimum absolute atomic E-state index is 0.0414. The van der Waals surface area contributed by atoms with Crippen molar-refractivity contribution in [1.29, 1.82) is 0 Å². The predicted molar refractivity (Wildman–Crippen MR) is 60.5 cm³/mol. The molecule has 0 fully saturated rings. The first-order chi connectivity index (χ1) is 8.66. The summed E-state index contributed by atoms with van der Waals surface area (Å²) < 4.78 is 26.2. The predicted octanol–water partition coefficient (Wildman–Crippen LogP) is 1.55. The van der Waals surface area contributed by atoms with Crippen LogP contribution in [0.1, 0.15) is 11.1 Å². The number of halogens is 2.